The van der Waals surface area contributed by atoms with Crippen molar-refractivity contribution in [3.05, 3.63) is 40.2 Å². The molecule has 0 aromatic carbocycles. The third-order valence-corrected chi connectivity index (χ3v) is 2.44. The molecule has 0 unspecified atom stereocenters. The van der Waals surface area contributed by atoms with Gasteiger partial charge in [-0.25, -0.2) is 4.98 Å². The highest BCUT2D eigenvalue weighted by Gasteiger charge is 2.23. The predicted molar refractivity (Wildman–Crippen MR) is 69.3 cm³/mol. The minimum atomic E-state index is -0.595. The van der Waals surface area contributed by atoms with Crippen LogP contribution < -0.4 is 10.1 Å². The molecule has 0 aliphatic heterocycles. The van der Waals surface area contributed by atoms with Gasteiger partial charge in [-0.15, -0.1) is 0 Å². The Balaban J connectivity index is 2.21. The quantitative estimate of drug-likeness (QED) is 0.637. The first-order chi connectivity index (χ1) is 9.61. The van der Waals surface area contributed by atoms with Crippen molar-refractivity contribution in [1.29, 1.82) is 0 Å². The number of nitro groups is 1. The summed E-state index contributed by atoms with van der Waals surface area (Å²) >= 11 is 0. The van der Waals surface area contributed by atoms with Crippen LogP contribution in [0.3, 0.4) is 0 Å². The lowest BCUT2D eigenvalue weighted by molar-refractivity contribution is -0.385. The van der Waals surface area contributed by atoms with Crippen LogP contribution in [0.1, 0.15) is 11.4 Å². The zero-order chi connectivity index (χ0) is 14.5. The Bertz CT molecular complexity index is 616. The summed E-state index contributed by atoms with van der Waals surface area (Å²) in [6.07, 6.45) is 4.40. The number of methoxy groups -OCH3 is 1. The van der Waals surface area contributed by atoms with E-state index >= 15 is 0 Å². The average Bonchev–Trinajstić information content (AvgIpc) is 2.46. The van der Waals surface area contributed by atoms with Crippen LogP contribution in [0.2, 0.25) is 0 Å². The normalized spacial score (nSPS) is 10.1. The van der Waals surface area contributed by atoms with Crippen molar-refractivity contribution in [3.8, 4) is 5.88 Å². The number of aryl methyl sites for hydroxylation is 1. The highest BCUT2D eigenvalue weighted by atomic mass is 16.6. The maximum absolute atomic E-state index is 11.0. The summed E-state index contributed by atoms with van der Waals surface area (Å²) in [4.78, 5) is 26.2. The number of nitrogens with zero attached hydrogens (tertiary/aromatic N) is 5. The van der Waals surface area contributed by atoms with Crippen LogP contribution in [0.5, 0.6) is 5.88 Å². The van der Waals surface area contributed by atoms with Crippen LogP contribution in [0, 0.1) is 17.0 Å². The molecule has 0 atom stereocenters. The van der Waals surface area contributed by atoms with Crippen molar-refractivity contribution < 1.29 is 9.66 Å². The first-order valence-electron chi connectivity index (χ1n) is 5.66. The minimum absolute atomic E-state index is 0.0734. The number of hydrogen-bond acceptors (Lipinski definition) is 8. The van der Waals surface area contributed by atoms with Crippen molar-refractivity contribution in [2.24, 2.45) is 0 Å². The molecule has 2 heterocycles. The van der Waals surface area contributed by atoms with Gasteiger partial charge in [0.25, 0.3) is 5.88 Å². The molecule has 0 fully saturated rings. The van der Waals surface area contributed by atoms with Crippen LogP contribution in [0.25, 0.3) is 0 Å². The SMILES string of the molecule is COc1ncnc(NCc2cnc(C)cn2)c1[N+](=O)[O-]. The lowest BCUT2D eigenvalue weighted by Crippen LogP contribution is -2.08. The van der Waals surface area contributed by atoms with E-state index in [2.05, 4.69) is 25.3 Å². The Kier molecular flexibility index (Phi) is 3.99. The molecule has 0 aliphatic carbocycles. The molecule has 9 heteroatoms. The molecule has 0 aliphatic rings. The number of aromatic nitrogens is 4. The van der Waals surface area contributed by atoms with Crippen molar-refractivity contribution >= 4 is 11.5 Å². The zero-order valence-electron chi connectivity index (χ0n) is 10.9. The summed E-state index contributed by atoms with van der Waals surface area (Å²) in [5.41, 5.74) is 1.13. The molecule has 0 bridgehead atoms. The summed E-state index contributed by atoms with van der Waals surface area (Å²) in [5.74, 6) is -0.0216. The Morgan fingerprint density at radius 1 is 1.30 bits per heavy atom. The van der Waals surface area contributed by atoms with Crippen LogP contribution in [0.4, 0.5) is 11.5 Å². The minimum Gasteiger partial charge on any atom is -0.476 e. The molecule has 2 aromatic rings. The molecule has 1 N–H and O–H groups in total. The van der Waals surface area contributed by atoms with E-state index in [1.54, 1.807) is 12.4 Å². The van der Waals surface area contributed by atoms with E-state index < -0.39 is 4.92 Å². The summed E-state index contributed by atoms with van der Waals surface area (Å²) in [5, 5.41) is 13.9. The number of rotatable bonds is 5. The Morgan fingerprint density at radius 3 is 2.70 bits per heavy atom. The third-order valence-electron chi connectivity index (χ3n) is 2.44. The van der Waals surface area contributed by atoms with Gasteiger partial charge in [0, 0.05) is 6.20 Å². The van der Waals surface area contributed by atoms with Crippen LogP contribution in [0.15, 0.2) is 18.7 Å². The second-order valence-corrected chi connectivity index (χ2v) is 3.84. The Labute approximate surface area is 114 Å². The predicted octanol–water partition coefficient (Wildman–Crippen LogP) is 1.10. The van der Waals surface area contributed by atoms with Crippen LogP contribution in [-0.2, 0) is 6.54 Å². The van der Waals surface area contributed by atoms with E-state index in [1.165, 1.54) is 13.4 Å². The van der Waals surface area contributed by atoms with Gasteiger partial charge in [0.1, 0.15) is 6.33 Å². The van der Waals surface area contributed by atoms with Crippen LogP contribution in [-0.4, -0.2) is 32.0 Å². The van der Waals surface area contributed by atoms with E-state index in [-0.39, 0.29) is 23.9 Å². The number of hydrogen-bond donors (Lipinski definition) is 1. The highest BCUT2D eigenvalue weighted by Crippen LogP contribution is 2.30. The molecule has 0 amide bonds. The number of nitrogens with one attached hydrogen (secondary N) is 1. The fourth-order valence-electron chi connectivity index (χ4n) is 1.49. The molecule has 0 radical (unpaired) electrons. The fraction of sp³-hybridized carbons (Fsp3) is 0.273. The first kappa shape index (κ1) is 13.6. The molecular weight excluding hydrogens is 264 g/mol. The zero-order valence-corrected chi connectivity index (χ0v) is 10.9. The van der Waals surface area contributed by atoms with Gasteiger partial charge in [0.05, 0.1) is 36.2 Å². The Morgan fingerprint density at radius 2 is 2.10 bits per heavy atom. The summed E-state index contributed by atoms with van der Waals surface area (Å²) in [6, 6.07) is 0. The van der Waals surface area contributed by atoms with Crippen molar-refractivity contribution in [1.82, 2.24) is 19.9 Å². The van der Waals surface area contributed by atoms with Gasteiger partial charge in [-0.1, -0.05) is 0 Å². The second-order valence-electron chi connectivity index (χ2n) is 3.84. The molecule has 0 spiro atoms. The standard InChI is InChI=1S/C11H12N6O3/c1-7-3-13-8(4-12-7)5-14-10-9(17(18)19)11(20-2)16-6-15-10/h3-4,6H,5H2,1-2H3,(H,14,15,16). The highest BCUT2D eigenvalue weighted by molar-refractivity contribution is 5.61. The van der Waals surface area contributed by atoms with Gasteiger partial charge in [0.15, 0.2) is 0 Å². The number of ether oxygens (including phenoxy) is 1. The van der Waals surface area contributed by atoms with Gasteiger partial charge in [-0.2, -0.15) is 4.98 Å². The molecule has 9 nitrogen and oxygen atoms in total. The molecule has 2 aromatic heterocycles. The fourth-order valence-corrected chi connectivity index (χ4v) is 1.49. The maximum Gasteiger partial charge on any atom is 0.372 e. The smallest absolute Gasteiger partial charge is 0.372 e. The lowest BCUT2D eigenvalue weighted by atomic mass is 10.4. The van der Waals surface area contributed by atoms with E-state index in [4.69, 9.17) is 4.74 Å². The third kappa shape index (κ3) is 2.94. The van der Waals surface area contributed by atoms with Gasteiger partial charge in [0.2, 0.25) is 5.82 Å². The van der Waals surface area contributed by atoms with Crippen molar-refractivity contribution in [2.45, 2.75) is 13.5 Å². The topological polar surface area (TPSA) is 116 Å². The largest absolute Gasteiger partial charge is 0.476 e. The molecular formula is C11H12N6O3. The van der Waals surface area contributed by atoms with E-state index in [0.29, 0.717) is 5.69 Å². The monoisotopic (exact) mass is 276 g/mol. The van der Waals surface area contributed by atoms with Gasteiger partial charge < -0.3 is 10.1 Å². The average molecular weight is 276 g/mol. The maximum atomic E-state index is 11.0. The molecule has 0 saturated heterocycles. The van der Waals surface area contributed by atoms with E-state index in [9.17, 15) is 10.1 Å². The first-order valence-corrected chi connectivity index (χ1v) is 5.66. The van der Waals surface area contributed by atoms with E-state index in [1.807, 2.05) is 6.92 Å². The van der Waals surface area contributed by atoms with Crippen molar-refractivity contribution in [3.63, 3.8) is 0 Å². The van der Waals surface area contributed by atoms with Gasteiger partial charge >= 0.3 is 5.69 Å². The van der Waals surface area contributed by atoms with E-state index in [0.717, 1.165) is 5.69 Å². The van der Waals surface area contributed by atoms with Gasteiger partial charge in [-0.05, 0) is 6.92 Å². The molecule has 0 saturated carbocycles. The lowest BCUT2D eigenvalue weighted by Gasteiger charge is -2.07. The van der Waals surface area contributed by atoms with Crippen molar-refractivity contribution in [2.75, 3.05) is 12.4 Å². The number of anilines is 1. The molecule has 104 valence electrons. The summed E-state index contributed by atoms with van der Waals surface area (Å²) in [6.45, 7) is 2.08. The second kappa shape index (κ2) is 5.87. The van der Waals surface area contributed by atoms with Crippen LogP contribution >= 0.6 is 0 Å². The summed E-state index contributed by atoms with van der Waals surface area (Å²) < 4.78 is 4.85. The Hall–Kier alpha value is -2.84. The van der Waals surface area contributed by atoms with Gasteiger partial charge in [-0.3, -0.25) is 20.1 Å². The summed E-state index contributed by atoms with van der Waals surface area (Å²) in [7, 11) is 1.31. The molecule has 2 rings (SSSR count). The molecule has 20 heavy (non-hydrogen) atoms.